The first-order valence-electron chi connectivity index (χ1n) is 8.10. The Balaban J connectivity index is 1.83. The molecule has 0 aliphatic rings. The maximum Gasteiger partial charge on any atom is 0.206 e. The Morgan fingerprint density at radius 2 is 2.04 bits per heavy atom. The molecule has 6 heteroatoms. The molecule has 3 aromatic heterocycles. The van der Waals surface area contributed by atoms with Crippen LogP contribution in [0.25, 0.3) is 22.4 Å². The minimum atomic E-state index is 0.533. The van der Waals surface area contributed by atoms with Crippen LogP contribution in [0.1, 0.15) is 5.56 Å². The molecule has 1 aromatic carbocycles. The number of thiazole rings is 1. The number of furan rings is 1. The van der Waals surface area contributed by atoms with Crippen molar-refractivity contribution in [2.24, 2.45) is 10.1 Å². The van der Waals surface area contributed by atoms with E-state index in [1.165, 1.54) is 11.3 Å². The molecule has 0 atom stereocenters. The number of para-hydroxylation sites is 1. The van der Waals surface area contributed by atoms with Gasteiger partial charge in [-0.15, -0.1) is 17.9 Å². The van der Waals surface area contributed by atoms with Crippen LogP contribution >= 0.6 is 11.3 Å². The number of nitrogens with zero attached hydrogens (tertiary/aromatic N) is 4. The second kappa shape index (κ2) is 7.33. The van der Waals surface area contributed by atoms with Crippen LogP contribution in [0.15, 0.2) is 87.4 Å². The maximum atomic E-state index is 6.00. The third-order valence-corrected chi connectivity index (χ3v) is 4.60. The lowest BCUT2D eigenvalue weighted by Gasteiger charge is -2.00. The molecule has 0 aliphatic carbocycles. The summed E-state index contributed by atoms with van der Waals surface area (Å²) in [4.78, 5) is 9.34. The van der Waals surface area contributed by atoms with Crippen molar-refractivity contribution < 1.29 is 4.42 Å². The molecular weight excluding hydrogens is 344 g/mol. The summed E-state index contributed by atoms with van der Waals surface area (Å²) in [5.41, 5.74) is 2.67. The molecular formula is C20H16N4OS. The minimum absolute atomic E-state index is 0.533. The molecule has 0 fully saturated rings. The van der Waals surface area contributed by atoms with Gasteiger partial charge in [0, 0.05) is 23.2 Å². The summed E-state index contributed by atoms with van der Waals surface area (Å²) in [7, 11) is 0. The highest BCUT2D eigenvalue weighted by atomic mass is 32.1. The Morgan fingerprint density at radius 3 is 2.85 bits per heavy atom. The van der Waals surface area contributed by atoms with E-state index < -0.39 is 0 Å². The molecule has 0 saturated heterocycles. The van der Waals surface area contributed by atoms with E-state index in [4.69, 9.17) is 4.42 Å². The number of hydrogen-bond acceptors (Lipinski definition) is 5. The number of hydrogen-bond donors (Lipinski definition) is 0. The first kappa shape index (κ1) is 16.2. The predicted octanol–water partition coefficient (Wildman–Crippen LogP) is 4.33. The molecule has 3 heterocycles. The van der Waals surface area contributed by atoms with E-state index in [0.29, 0.717) is 6.54 Å². The molecule has 0 bridgehead atoms. The second-order valence-electron chi connectivity index (χ2n) is 5.52. The van der Waals surface area contributed by atoms with Gasteiger partial charge in [0.25, 0.3) is 0 Å². The fourth-order valence-electron chi connectivity index (χ4n) is 2.51. The van der Waals surface area contributed by atoms with Crippen molar-refractivity contribution in [1.29, 1.82) is 0 Å². The first-order chi connectivity index (χ1) is 12.8. The molecule has 4 aromatic rings. The summed E-state index contributed by atoms with van der Waals surface area (Å²) in [6.45, 7) is 4.26. The number of benzene rings is 1. The molecule has 0 radical (unpaired) electrons. The Bertz CT molecular complexity index is 1100. The van der Waals surface area contributed by atoms with E-state index in [-0.39, 0.29) is 0 Å². The van der Waals surface area contributed by atoms with Crippen LogP contribution in [0.3, 0.4) is 0 Å². The van der Waals surface area contributed by atoms with Crippen LogP contribution in [-0.4, -0.2) is 22.4 Å². The average molecular weight is 360 g/mol. The van der Waals surface area contributed by atoms with E-state index in [2.05, 4.69) is 21.7 Å². The lowest BCUT2D eigenvalue weighted by Crippen LogP contribution is -2.12. The van der Waals surface area contributed by atoms with Gasteiger partial charge in [0.05, 0.1) is 12.8 Å². The molecule has 5 nitrogen and oxygen atoms in total. The predicted molar refractivity (Wildman–Crippen MR) is 105 cm³/mol. The molecule has 0 N–H and O–H groups in total. The second-order valence-corrected chi connectivity index (χ2v) is 6.35. The van der Waals surface area contributed by atoms with Crippen LogP contribution in [0.5, 0.6) is 0 Å². The standard InChI is InChI=1S/C20H16N4OS/c1-2-9-22-20-24(23-13-15-7-10-21-11-8-15)17(14-26-20)19-12-16-5-3-4-6-18(16)25-19/h2-8,10-14H,1,9H2. The summed E-state index contributed by atoms with van der Waals surface area (Å²) in [6.07, 6.45) is 7.02. The van der Waals surface area contributed by atoms with Crippen molar-refractivity contribution in [3.05, 3.63) is 83.3 Å². The SMILES string of the molecule is C=CCN=c1scc(-c2cc3ccccc3o2)n1N=Cc1ccncc1. The zero-order chi connectivity index (χ0) is 17.8. The Labute approximate surface area is 154 Å². The topological polar surface area (TPSA) is 55.7 Å². The van der Waals surface area contributed by atoms with Crippen molar-refractivity contribution in [1.82, 2.24) is 9.66 Å². The molecule has 128 valence electrons. The Kier molecular flexibility index (Phi) is 4.57. The van der Waals surface area contributed by atoms with Crippen LogP contribution < -0.4 is 4.80 Å². The van der Waals surface area contributed by atoms with Crippen molar-refractivity contribution in [3.8, 4) is 11.5 Å². The molecule has 0 spiro atoms. The van der Waals surface area contributed by atoms with Crippen molar-refractivity contribution >= 4 is 28.5 Å². The molecule has 0 unspecified atom stereocenters. The van der Waals surface area contributed by atoms with Gasteiger partial charge in [0.15, 0.2) is 5.76 Å². The largest absolute Gasteiger partial charge is 0.454 e. The Hall–Kier alpha value is -3.25. The third kappa shape index (κ3) is 3.27. The molecule has 0 saturated carbocycles. The highest BCUT2D eigenvalue weighted by molar-refractivity contribution is 7.07. The normalized spacial score (nSPS) is 12.2. The van der Waals surface area contributed by atoms with Gasteiger partial charge in [0.1, 0.15) is 11.3 Å². The maximum absolute atomic E-state index is 6.00. The van der Waals surface area contributed by atoms with E-state index in [1.807, 2.05) is 47.8 Å². The van der Waals surface area contributed by atoms with Gasteiger partial charge in [0.2, 0.25) is 4.80 Å². The monoisotopic (exact) mass is 360 g/mol. The van der Waals surface area contributed by atoms with Gasteiger partial charge in [-0.1, -0.05) is 24.3 Å². The number of aromatic nitrogens is 2. The van der Waals surface area contributed by atoms with Gasteiger partial charge >= 0.3 is 0 Å². The molecule has 4 rings (SSSR count). The van der Waals surface area contributed by atoms with Crippen molar-refractivity contribution in [2.75, 3.05) is 6.54 Å². The van der Waals surface area contributed by atoms with Crippen LogP contribution in [0.4, 0.5) is 0 Å². The van der Waals surface area contributed by atoms with Crippen LogP contribution in [0.2, 0.25) is 0 Å². The van der Waals surface area contributed by atoms with Gasteiger partial charge in [-0.3, -0.25) is 9.98 Å². The molecule has 0 amide bonds. The van der Waals surface area contributed by atoms with E-state index in [1.54, 1.807) is 29.4 Å². The highest BCUT2D eigenvalue weighted by Crippen LogP contribution is 2.28. The summed E-state index contributed by atoms with van der Waals surface area (Å²) in [5.74, 6) is 0.759. The van der Waals surface area contributed by atoms with Gasteiger partial charge in [-0.05, 0) is 29.8 Å². The summed E-state index contributed by atoms with van der Waals surface area (Å²) in [5, 5.41) is 7.68. The lowest BCUT2D eigenvalue weighted by atomic mass is 10.2. The van der Waals surface area contributed by atoms with E-state index in [0.717, 1.165) is 32.8 Å². The zero-order valence-electron chi connectivity index (χ0n) is 13.9. The highest BCUT2D eigenvalue weighted by Gasteiger charge is 2.12. The number of pyridine rings is 1. The molecule has 26 heavy (non-hydrogen) atoms. The van der Waals surface area contributed by atoms with E-state index in [9.17, 15) is 0 Å². The van der Waals surface area contributed by atoms with E-state index >= 15 is 0 Å². The number of rotatable bonds is 5. The van der Waals surface area contributed by atoms with Gasteiger partial charge in [-0.2, -0.15) is 5.10 Å². The Morgan fingerprint density at radius 1 is 1.19 bits per heavy atom. The first-order valence-corrected chi connectivity index (χ1v) is 8.98. The van der Waals surface area contributed by atoms with Gasteiger partial charge in [-0.25, -0.2) is 4.68 Å². The number of fused-ring (bicyclic) bond motifs is 1. The fourth-order valence-corrected chi connectivity index (χ4v) is 3.34. The van der Waals surface area contributed by atoms with Crippen LogP contribution in [-0.2, 0) is 0 Å². The lowest BCUT2D eigenvalue weighted by molar-refractivity contribution is 0.621. The van der Waals surface area contributed by atoms with Crippen LogP contribution in [0, 0.1) is 0 Å². The quantitative estimate of drug-likeness (QED) is 0.393. The van der Waals surface area contributed by atoms with Gasteiger partial charge < -0.3 is 4.42 Å². The fraction of sp³-hybridized carbons (Fsp3) is 0.0500. The van der Waals surface area contributed by atoms with Crippen molar-refractivity contribution in [3.63, 3.8) is 0 Å². The third-order valence-electron chi connectivity index (χ3n) is 3.75. The summed E-state index contributed by atoms with van der Waals surface area (Å²) < 4.78 is 7.80. The smallest absolute Gasteiger partial charge is 0.206 e. The minimum Gasteiger partial charge on any atom is -0.454 e. The zero-order valence-corrected chi connectivity index (χ0v) is 14.8. The summed E-state index contributed by atoms with van der Waals surface area (Å²) >= 11 is 1.52. The average Bonchev–Trinajstić information content (AvgIpc) is 3.29. The summed E-state index contributed by atoms with van der Waals surface area (Å²) in [6, 6.07) is 13.8. The van der Waals surface area contributed by atoms with Crippen molar-refractivity contribution in [2.45, 2.75) is 0 Å². The molecule has 0 aliphatic heterocycles.